The highest BCUT2D eigenvalue weighted by atomic mass is 79.9. The summed E-state index contributed by atoms with van der Waals surface area (Å²) in [4.78, 5) is 0. The molecule has 1 aromatic heterocycles. The second kappa shape index (κ2) is 10.7. The minimum absolute atomic E-state index is 0. The number of aryl methyl sites for hydroxylation is 2. The molecule has 0 fully saturated rings. The maximum atomic E-state index is 6.29. The van der Waals surface area contributed by atoms with E-state index in [2.05, 4.69) is 68.0 Å². The van der Waals surface area contributed by atoms with Crippen molar-refractivity contribution < 1.29 is 40.5 Å². The van der Waals surface area contributed by atoms with E-state index in [9.17, 15) is 0 Å². The van der Waals surface area contributed by atoms with Crippen LogP contribution < -0.4 is 40.5 Å². The molecule has 5 rings (SSSR count). The van der Waals surface area contributed by atoms with Gasteiger partial charge in [-0.15, -0.1) is 0 Å². The van der Waals surface area contributed by atoms with Crippen LogP contribution >= 0.6 is 0 Å². The summed E-state index contributed by atoms with van der Waals surface area (Å²) in [5.74, 6) is 3.21. The van der Waals surface area contributed by atoms with Gasteiger partial charge in [0.05, 0.1) is 18.1 Å². The van der Waals surface area contributed by atoms with Crippen LogP contribution in [0.1, 0.15) is 39.2 Å². The standard InChI is InChI=1S/C29H32NO4.BrH/c1-19(2)6-5-7-20(3)11-13-32-29-24-17-30-12-10-22-15-27-28(34-18-33-27)16-23(22)25(30)14-21(24)8-9-26(29)31-4;/h6,8-9,11,14-17H,5,7,10,12-13,18H2,1-4H3;1H/q+1;/p-1/b20-11+;. The molecule has 0 saturated heterocycles. The minimum Gasteiger partial charge on any atom is -1.00 e. The van der Waals surface area contributed by atoms with Gasteiger partial charge >= 0.3 is 0 Å². The number of methoxy groups -OCH3 is 1. The van der Waals surface area contributed by atoms with Crippen LogP contribution in [0.25, 0.3) is 22.0 Å². The number of benzene rings is 2. The molecule has 0 bridgehead atoms. The molecule has 0 radical (unpaired) electrons. The lowest BCUT2D eigenvalue weighted by molar-refractivity contribution is -0.686. The van der Waals surface area contributed by atoms with Gasteiger partial charge in [-0.05, 0) is 74.9 Å². The lowest BCUT2D eigenvalue weighted by atomic mass is 9.95. The molecule has 184 valence electrons. The predicted molar refractivity (Wildman–Crippen MR) is 134 cm³/mol. The summed E-state index contributed by atoms with van der Waals surface area (Å²) >= 11 is 0. The van der Waals surface area contributed by atoms with Gasteiger partial charge in [-0.25, -0.2) is 0 Å². The summed E-state index contributed by atoms with van der Waals surface area (Å²) in [5.41, 5.74) is 6.36. The van der Waals surface area contributed by atoms with Gasteiger partial charge in [0.2, 0.25) is 12.5 Å². The Morgan fingerprint density at radius 1 is 1.06 bits per heavy atom. The Hall–Kier alpha value is -2.99. The van der Waals surface area contributed by atoms with Crippen LogP contribution in [-0.2, 0) is 13.0 Å². The first-order valence-electron chi connectivity index (χ1n) is 11.9. The molecule has 0 unspecified atom stereocenters. The van der Waals surface area contributed by atoms with Gasteiger partial charge in [-0.1, -0.05) is 17.2 Å². The molecule has 5 nitrogen and oxygen atoms in total. The van der Waals surface area contributed by atoms with E-state index in [4.69, 9.17) is 18.9 Å². The van der Waals surface area contributed by atoms with Crippen LogP contribution in [0.5, 0.6) is 23.0 Å². The van der Waals surface area contributed by atoms with Crippen molar-refractivity contribution in [3.05, 3.63) is 65.4 Å². The topological polar surface area (TPSA) is 40.8 Å². The number of rotatable bonds is 7. The third-order valence-electron chi connectivity index (χ3n) is 6.55. The van der Waals surface area contributed by atoms with Gasteiger partial charge in [0, 0.05) is 12.5 Å². The summed E-state index contributed by atoms with van der Waals surface area (Å²) in [6, 6.07) is 10.6. The smallest absolute Gasteiger partial charge is 0.231 e. The van der Waals surface area contributed by atoms with Gasteiger partial charge in [0.25, 0.3) is 0 Å². The molecule has 3 aromatic rings. The minimum atomic E-state index is 0. The average Bonchev–Trinajstić information content (AvgIpc) is 3.29. The number of allylic oxidation sites excluding steroid dienone is 3. The highest BCUT2D eigenvalue weighted by molar-refractivity contribution is 5.91. The van der Waals surface area contributed by atoms with Crippen LogP contribution in [0.3, 0.4) is 0 Å². The SMILES string of the molecule is COc1ccc2cc3[n+](cc2c1OC/C=C(\C)CCC=C(C)C)CCc1cc2c(cc1-3)OCO2.[Br-]. The van der Waals surface area contributed by atoms with Crippen molar-refractivity contribution in [2.45, 2.75) is 46.6 Å². The van der Waals surface area contributed by atoms with Crippen molar-refractivity contribution in [1.29, 1.82) is 0 Å². The number of aromatic nitrogens is 1. The van der Waals surface area contributed by atoms with E-state index in [1.54, 1.807) is 7.11 Å². The zero-order valence-electron chi connectivity index (χ0n) is 20.8. The van der Waals surface area contributed by atoms with Crippen LogP contribution in [-0.4, -0.2) is 20.5 Å². The van der Waals surface area contributed by atoms with Crippen LogP contribution in [0, 0.1) is 0 Å². The zero-order chi connectivity index (χ0) is 23.7. The fourth-order valence-electron chi connectivity index (χ4n) is 4.66. The number of nitrogens with zero attached hydrogens (tertiary/aromatic N) is 1. The Kier molecular flexibility index (Phi) is 7.70. The first kappa shape index (κ1) is 25.1. The molecule has 0 amide bonds. The van der Waals surface area contributed by atoms with Gasteiger partial charge < -0.3 is 35.9 Å². The second-order valence-corrected chi connectivity index (χ2v) is 9.25. The molecule has 2 aliphatic heterocycles. The molecule has 2 aliphatic rings. The van der Waals surface area contributed by atoms with Gasteiger partial charge in [-0.3, -0.25) is 0 Å². The number of halogens is 1. The van der Waals surface area contributed by atoms with E-state index >= 15 is 0 Å². The van der Waals surface area contributed by atoms with Crippen LogP contribution in [0.15, 0.2) is 59.8 Å². The molecule has 6 heteroatoms. The molecular formula is C29H32BrNO4. The van der Waals surface area contributed by atoms with Crippen molar-refractivity contribution >= 4 is 10.8 Å². The van der Waals surface area contributed by atoms with E-state index < -0.39 is 0 Å². The molecule has 2 aromatic carbocycles. The van der Waals surface area contributed by atoms with Crippen LogP contribution in [0.2, 0.25) is 0 Å². The van der Waals surface area contributed by atoms with Crippen molar-refractivity contribution in [2.24, 2.45) is 0 Å². The lowest BCUT2D eigenvalue weighted by Crippen LogP contribution is -3.00. The predicted octanol–water partition coefficient (Wildman–Crippen LogP) is 3.16. The molecule has 3 heterocycles. The fraction of sp³-hybridized carbons (Fsp3) is 0.345. The quantitative estimate of drug-likeness (QED) is 0.343. The summed E-state index contributed by atoms with van der Waals surface area (Å²) < 4.78 is 25.5. The third-order valence-corrected chi connectivity index (χ3v) is 6.55. The number of hydrogen-bond donors (Lipinski definition) is 0. The fourth-order valence-corrected chi connectivity index (χ4v) is 4.66. The van der Waals surface area contributed by atoms with E-state index in [1.807, 2.05) is 6.07 Å². The molecule has 0 saturated carbocycles. The summed E-state index contributed by atoms with van der Waals surface area (Å²) in [7, 11) is 1.69. The van der Waals surface area contributed by atoms with E-state index in [1.165, 1.54) is 28.0 Å². The largest absolute Gasteiger partial charge is 1.00 e. The number of pyridine rings is 1. The highest BCUT2D eigenvalue weighted by Gasteiger charge is 2.28. The maximum Gasteiger partial charge on any atom is 0.231 e. The van der Waals surface area contributed by atoms with Gasteiger partial charge in [0.15, 0.2) is 35.7 Å². The summed E-state index contributed by atoms with van der Waals surface area (Å²) in [6.07, 6.45) is 9.69. The Labute approximate surface area is 217 Å². The lowest BCUT2D eigenvalue weighted by Gasteiger charge is -2.17. The first-order valence-corrected chi connectivity index (χ1v) is 11.9. The summed E-state index contributed by atoms with van der Waals surface area (Å²) in [5, 5.41) is 2.18. The Bertz CT molecular complexity index is 1310. The van der Waals surface area contributed by atoms with Gasteiger partial charge in [0.1, 0.15) is 6.61 Å². The Balaban J connectivity index is 0.00000289. The Morgan fingerprint density at radius 3 is 2.63 bits per heavy atom. The van der Waals surface area contributed by atoms with Crippen molar-refractivity contribution in [1.82, 2.24) is 0 Å². The van der Waals surface area contributed by atoms with E-state index in [0.717, 1.165) is 59.6 Å². The normalized spacial score (nSPS) is 13.5. The molecular weight excluding hydrogens is 506 g/mol. The highest BCUT2D eigenvalue weighted by Crippen LogP contribution is 2.41. The van der Waals surface area contributed by atoms with Gasteiger partial charge in [-0.2, -0.15) is 4.57 Å². The molecule has 35 heavy (non-hydrogen) atoms. The molecule has 0 N–H and O–H groups in total. The van der Waals surface area contributed by atoms with E-state index in [0.29, 0.717) is 13.4 Å². The van der Waals surface area contributed by atoms with E-state index in [-0.39, 0.29) is 17.0 Å². The van der Waals surface area contributed by atoms with Crippen LogP contribution in [0.4, 0.5) is 0 Å². The van der Waals surface area contributed by atoms with Crippen molar-refractivity contribution in [2.75, 3.05) is 20.5 Å². The number of fused-ring (bicyclic) bond motifs is 5. The zero-order valence-corrected chi connectivity index (χ0v) is 22.4. The number of hydrogen-bond acceptors (Lipinski definition) is 4. The first-order chi connectivity index (χ1) is 16.5. The summed E-state index contributed by atoms with van der Waals surface area (Å²) in [6.45, 7) is 8.15. The van der Waals surface area contributed by atoms with Crippen molar-refractivity contribution in [3.8, 4) is 34.3 Å². The average molecular weight is 538 g/mol. The second-order valence-electron chi connectivity index (χ2n) is 9.25. The third kappa shape index (κ3) is 5.18. The Morgan fingerprint density at radius 2 is 1.86 bits per heavy atom. The number of ether oxygens (including phenoxy) is 4. The molecule has 0 atom stereocenters. The maximum absolute atomic E-state index is 6.29. The molecule has 0 spiro atoms. The van der Waals surface area contributed by atoms with Crippen molar-refractivity contribution in [3.63, 3.8) is 0 Å². The monoisotopic (exact) mass is 537 g/mol. The molecule has 0 aliphatic carbocycles.